The standard InChI is InChI=1S/C19H15F5O3S/c1-11-4-2-5-12-6-3-7-15(14-9-8-13(20)10-16(14)21)18(17(11)12)27-28(25,26)19(22,23)24/h2,4-5,8-10H,3,6-7H2,1H3. The van der Waals surface area contributed by atoms with Gasteiger partial charge in [-0.05, 0) is 49.4 Å². The SMILES string of the molecule is Cc1cccc2c1C(OS(=O)(=O)C(F)(F)F)=C(c1ccc(F)cc1F)CCC2. The van der Waals surface area contributed by atoms with Crippen LogP contribution in [0.25, 0.3) is 11.3 Å². The van der Waals surface area contributed by atoms with Crippen molar-refractivity contribution in [3.63, 3.8) is 0 Å². The maximum atomic E-state index is 14.4. The Labute approximate surface area is 158 Å². The lowest BCUT2D eigenvalue weighted by Crippen LogP contribution is -2.25. The van der Waals surface area contributed by atoms with E-state index in [9.17, 15) is 30.4 Å². The summed E-state index contributed by atoms with van der Waals surface area (Å²) in [7, 11) is -5.99. The number of alkyl halides is 3. The lowest BCUT2D eigenvalue weighted by atomic mass is 9.96. The highest BCUT2D eigenvalue weighted by molar-refractivity contribution is 7.87. The van der Waals surface area contributed by atoms with Gasteiger partial charge in [-0.15, -0.1) is 0 Å². The Morgan fingerprint density at radius 3 is 2.39 bits per heavy atom. The Kier molecular flexibility index (Phi) is 5.22. The van der Waals surface area contributed by atoms with Crippen LogP contribution in [0.15, 0.2) is 36.4 Å². The molecule has 0 atom stereocenters. The van der Waals surface area contributed by atoms with Gasteiger partial charge in [0.2, 0.25) is 0 Å². The molecule has 3 rings (SSSR count). The smallest absolute Gasteiger partial charge is 0.375 e. The van der Waals surface area contributed by atoms with Crippen molar-refractivity contribution in [2.45, 2.75) is 31.7 Å². The van der Waals surface area contributed by atoms with E-state index in [1.165, 1.54) is 0 Å². The van der Waals surface area contributed by atoms with Gasteiger partial charge in [-0.25, -0.2) is 8.78 Å². The minimum absolute atomic E-state index is 0.0549. The van der Waals surface area contributed by atoms with E-state index >= 15 is 0 Å². The van der Waals surface area contributed by atoms with Crippen LogP contribution in [-0.4, -0.2) is 13.9 Å². The summed E-state index contributed by atoms with van der Waals surface area (Å²) in [6.45, 7) is 1.59. The summed E-state index contributed by atoms with van der Waals surface area (Å²) in [5.74, 6) is -2.46. The normalized spacial score (nSPS) is 15.2. The van der Waals surface area contributed by atoms with E-state index in [-0.39, 0.29) is 23.1 Å². The highest BCUT2D eigenvalue weighted by Crippen LogP contribution is 2.41. The number of aryl methyl sites for hydroxylation is 2. The molecule has 0 fully saturated rings. The van der Waals surface area contributed by atoms with Gasteiger partial charge < -0.3 is 4.18 Å². The summed E-state index contributed by atoms with van der Waals surface area (Å²) < 4.78 is 94.6. The molecule has 1 aliphatic rings. The fraction of sp³-hybridized carbons (Fsp3) is 0.263. The average molecular weight is 418 g/mol. The van der Waals surface area contributed by atoms with Gasteiger partial charge in [0.15, 0.2) is 5.76 Å². The van der Waals surface area contributed by atoms with Crippen LogP contribution in [0.4, 0.5) is 22.0 Å². The molecule has 0 saturated heterocycles. The van der Waals surface area contributed by atoms with Crippen molar-refractivity contribution in [2.75, 3.05) is 0 Å². The first-order valence-corrected chi connectivity index (χ1v) is 9.70. The molecule has 9 heteroatoms. The van der Waals surface area contributed by atoms with Crippen molar-refractivity contribution in [1.29, 1.82) is 0 Å². The number of benzene rings is 2. The van der Waals surface area contributed by atoms with E-state index in [1.54, 1.807) is 25.1 Å². The molecular formula is C19H15F5O3S. The third-order valence-corrected chi connectivity index (χ3v) is 5.42. The molecule has 0 radical (unpaired) electrons. The Morgan fingerprint density at radius 2 is 1.75 bits per heavy atom. The quantitative estimate of drug-likeness (QED) is 0.384. The minimum Gasteiger partial charge on any atom is -0.375 e. The largest absolute Gasteiger partial charge is 0.534 e. The van der Waals surface area contributed by atoms with Gasteiger partial charge in [0.1, 0.15) is 11.6 Å². The van der Waals surface area contributed by atoms with Crippen LogP contribution < -0.4 is 0 Å². The lowest BCUT2D eigenvalue weighted by molar-refractivity contribution is -0.0509. The average Bonchev–Trinajstić information content (AvgIpc) is 2.74. The highest BCUT2D eigenvalue weighted by Gasteiger charge is 2.49. The number of hydrogen-bond donors (Lipinski definition) is 0. The van der Waals surface area contributed by atoms with Crippen LogP contribution in [0.2, 0.25) is 0 Å². The summed E-state index contributed by atoms with van der Waals surface area (Å²) in [6, 6.07) is 7.52. The third-order valence-electron chi connectivity index (χ3n) is 4.47. The topological polar surface area (TPSA) is 43.4 Å². The van der Waals surface area contributed by atoms with E-state index in [4.69, 9.17) is 0 Å². The van der Waals surface area contributed by atoms with Crippen molar-refractivity contribution < 1.29 is 34.6 Å². The molecule has 0 heterocycles. The van der Waals surface area contributed by atoms with Gasteiger partial charge in [-0.2, -0.15) is 21.6 Å². The van der Waals surface area contributed by atoms with E-state index in [0.717, 1.165) is 12.1 Å². The molecule has 0 amide bonds. The van der Waals surface area contributed by atoms with Gasteiger partial charge >= 0.3 is 15.6 Å². The predicted molar refractivity (Wildman–Crippen MR) is 93.3 cm³/mol. The van der Waals surface area contributed by atoms with Gasteiger partial charge in [-0.1, -0.05) is 18.2 Å². The van der Waals surface area contributed by atoms with Crippen LogP contribution in [0.5, 0.6) is 0 Å². The molecule has 0 unspecified atom stereocenters. The number of allylic oxidation sites excluding steroid dienone is 1. The van der Waals surface area contributed by atoms with E-state index in [2.05, 4.69) is 4.18 Å². The van der Waals surface area contributed by atoms with Crippen LogP contribution >= 0.6 is 0 Å². The molecule has 2 aromatic carbocycles. The molecule has 0 aliphatic heterocycles. The highest BCUT2D eigenvalue weighted by atomic mass is 32.2. The van der Waals surface area contributed by atoms with Crippen molar-refractivity contribution in [2.24, 2.45) is 0 Å². The number of fused-ring (bicyclic) bond motifs is 1. The molecule has 1 aliphatic carbocycles. The first-order valence-electron chi connectivity index (χ1n) is 8.29. The van der Waals surface area contributed by atoms with Crippen molar-refractivity contribution in [1.82, 2.24) is 0 Å². The molecule has 0 aromatic heterocycles. The Bertz CT molecular complexity index is 1060. The minimum atomic E-state index is -5.99. The van der Waals surface area contributed by atoms with E-state index < -0.39 is 33.0 Å². The zero-order chi connectivity index (χ0) is 20.7. The van der Waals surface area contributed by atoms with Gasteiger partial charge in [0.05, 0.1) is 0 Å². The van der Waals surface area contributed by atoms with Gasteiger partial charge in [0, 0.05) is 22.8 Å². The van der Waals surface area contributed by atoms with Crippen LogP contribution in [0, 0.1) is 18.6 Å². The molecule has 0 saturated carbocycles. The first-order chi connectivity index (χ1) is 13.0. The predicted octanol–water partition coefficient (Wildman–Crippen LogP) is 5.34. The fourth-order valence-corrected chi connectivity index (χ4v) is 3.72. The summed E-state index contributed by atoms with van der Waals surface area (Å²) in [4.78, 5) is 0. The van der Waals surface area contributed by atoms with Crippen LogP contribution in [0.3, 0.4) is 0 Å². The molecule has 0 bridgehead atoms. The summed E-state index contributed by atoms with van der Waals surface area (Å²) >= 11 is 0. The van der Waals surface area contributed by atoms with Crippen molar-refractivity contribution >= 4 is 21.5 Å². The van der Waals surface area contributed by atoms with E-state index in [1.807, 2.05) is 0 Å². The van der Waals surface area contributed by atoms with Crippen molar-refractivity contribution in [3.05, 3.63) is 70.3 Å². The maximum Gasteiger partial charge on any atom is 0.534 e. The second-order valence-corrected chi connectivity index (χ2v) is 7.92. The fourth-order valence-electron chi connectivity index (χ4n) is 3.22. The second-order valence-electron chi connectivity index (χ2n) is 6.38. The van der Waals surface area contributed by atoms with Crippen molar-refractivity contribution in [3.8, 4) is 0 Å². The Hall–Kier alpha value is -2.42. The molecule has 2 aromatic rings. The zero-order valence-corrected chi connectivity index (χ0v) is 15.4. The summed E-state index contributed by atoms with van der Waals surface area (Å²) in [6.07, 6.45) is 0.906. The molecule has 28 heavy (non-hydrogen) atoms. The molecular weight excluding hydrogens is 403 g/mol. The Balaban J connectivity index is 2.33. The lowest BCUT2D eigenvalue weighted by Gasteiger charge is -2.19. The van der Waals surface area contributed by atoms with Gasteiger partial charge in [0.25, 0.3) is 0 Å². The number of hydrogen-bond acceptors (Lipinski definition) is 3. The summed E-state index contributed by atoms with van der Waals surface area (Å²) in [5, 5.41) is 0. The zero-order valence-electron chi connectivity index (χ0n) is 14.6. The van der Waals surface area contributed by atoms with Crippen LogP contribution in [0.1, 0.15) is 35.1 Å². The number of halogens is 5. The second kappa shape index (κ2) is 7.20. The Morgan fingerprint density at radius 1 is 1.04 bits per heavy atom. The first kappa shape index (κ1) is 20.3. The summed E-state index contributed by atoms with van der Waals surface area (Å²) in [5.41, 5.74) is -4.67. The molecule has 0 spiro atoms. The maximum absolute atomic E-state index is 14.4. The molecule has 0 N–H and O–H groups in total. The monoisotopic (exact) mass is 418 g/mol. The van der Waals surface area contributed by atoms with E-state index in [0.29, 0.717) is 30.0 Å². The number of rotatable bonds is 3. The molecule has 3 nitrogen and oxygen atoms in total. The third kappa shape index (κ3) is 3.76. The molecule has 150 valence electrons. The van der Waals surface area contributed by atoms with Crippen LogP contribution in [-0.2, 0) is 20.7 Å². The van der Waals surface area contributed by atoms with Gasteiger partial charge in [-0.3, -0.25) is 0 Å².